The topological polar surface area (TPSA) is 37.4 Å². The van der Waals surface area contributed by atoms with Gasteiger partial charge in [0.25, 0.3) is 0 Å². The van der Waals surface area contributed by atoms with Crippen LogP contribution < -0.4 is 5.32 Å². The van der Waals surface area contributed by atoms with Gasteiger partial charge in [0.05, 0.1) is 24.3 Å². The van der Waals surface area contributed by atoms with Crippen LogP contribution in [-0.4, -0.2) is 49.8 Å². The fourth-order valence-corrected chi connectivity index (χ4v) is 2.84. The maximum atomic E-state index is 5.80. The summed E-state index contributed by atoms with van der Waals surface area (Å²) in [7, 11) is 4.11. The van der Waals surface area contributed by atoms with Gasteiger partial charge in [0.2, 0.25) is 0 Å². The summed E-state index contributed by atoms with van der Waals surface area (Å²) in [5, 5.41) is 3.18. The number of rotatable bonds is 3. The molecule has 4 nitrogen and oxygen atoms in total. The van der Waals surface area contributed by atoms with Crippen LogP contribution in [0.5, 0.6) is 0 Å². The SMILES string of the molecule is CNCC1OCCN(C)C1c1cncs1. The first-order valence-electron chi connectivity index (χ1n) is 5.17. The number of hydrogen-bond acceptors (Lipinski definition) is 5. The molecule has 1 aliphatic heterocycles. The molecule has 2 unspecified atom stereocenters. The van der Waals surface area contributed by atoms with Gasteiger partial charge < -0.3 is 10.1 Å². The van der Waals surface area contributed by atoms with E-state index in [0.29, 0.717) is 6.04 Å². The molecule has 1 aromatic rings. The van der Waals surface area contributed by atoms with Crippen LogP contribution in [-0.2, 0) is 4.74 Å². The molecule has 2 atom stereocenters. The fourth-order valence-electron chi connectivity index (χ4n) is 2.01. The summed E-state index contributed by atoms with van der Waals surface area (Å²) in [6.45, 7) is 2.69. The van der Waals surface area contributed by atoms with E-state index in [9.17, 15) is 0 Å². The molecule has 1 N–H and O–H groups in total. The van der Waals surface area contributed by atoms with Crippen molar-refractivity contribution in [2.45, 2.75) is 12.1 Å². The summed E-state index contributed by atoms with van der Waals surface area (Å²) in [5.41, 5.74) is 1.88. The van der Waals surface area contributed by atoms with Crippen molar-refractivity contribution in [2.24, 2.45) is 0 Å². The largest absolute Gasteiger partial charge is 0.374 e. The second-order valence-electron chi connectivity index (χ2n) is 3.80. The Morgan fingerprint density at radius 3 is 3.27 bits per heavy atom. The zero-order valence-corrected chi connectivity index (χ0v) is 9.96. The Labute approximate surface area is 94.3 Å². The standard InChI is InChI=1S/C10H17N3OS/c1-11-5-8-10(9-6-12-7-15-9)13(2)3-4-14-8/h6-8,10-11H,3-5H2,1-2H3. The number of nitrogens with zero attached hydrogens (tertiary/aromatic N) is 2. The highest BCUT2D eigenvalue weighted by Gasteiger charge is 2.31. The lowest BCUT2D eigenvalue weighted by molar-refractivity contribution is -0.0595. The van der Waals surface area contributed by atoms with Crippen molar-refractivity contribution in [3.05, 3.63) is 16.6 Å². The average Bonchev–Trinajstić information content (AvgIpc) is 2.71. The minimum atomic E-state index is 0.231. The second kappa shape index (κ2) is 5.03. The van der Waals surface area contributed by atoms with E-state index in [1.165, 1.54) is 4.88 Å². The smallest absolute Gasteiger partial charge is 0.0904 e. The Morgan fingerprint density at radius 1 is 1.73 bits per heavy atom. The molecule has 0 aromatic carbocycles. The van der Waals surface area contributed by atoms with E-state index in [2.05, 4.69) is 22.2 Å². The highest BCUT2D eigenvalue weighted by atomic mass is 32.1. The van der Waals surface area contributed by atoms with Gasteiger partial charge in [-0.05, 0) is 14.1 Å². The zero-order chi connectivity index (χ0) is 10.7. The molecule has 0 spiro atoms. The Hall–Kier alpha value is -0.490. The summed E-state index contributed by atoms with van der Waals surface area (Å²) in [4.78, 5) is 7.78. The molecule has 1 aliphatic rings. The van der Waals surface area contributed by atoms with E-state index >= 15 is 0 Å². The molecule has 0 saturated carbocycles. The van der Waals surface area contributed by atoms with Gasteiger partial charge in [0.1, 0.15) is 0 Å². The summed E-state index contributed by atoms with van der Waals surface area (Å²) in [6.07, 6.45) is 2.18. The van der Waals surface area contributed by atoms with Gasteiger partial charge in [-0.25, -0.2) is 0 Å². The van der Waals surface area contributed by atoms with E-state index in [-0.39, 0.29) is 6.10 Å². The number of nitrogens with one attached hydrogen (secondary N) is 1. The maximum Gasteiger partial charge on any atom is 0.0904 e. The number of aromatic nitrogens is 1. The number of likely N-dealkylation sites (N-methyl/N-ethyl adjacent to an activating group) is 2. The third kappa shape index (κ3) is 2.36. The molecular formula is C10H17N3OS. The predicted molar refractivity (Wildman–Crippen MR) is 61.2 cm³/mol. The van der Waals surface area contributed by atoms with Gasteiger partial charge in [-0.3, -0.25) is 9.88 Å². The first-order valence-corrected chi connectivity index (χ1v) is 6.05. The predicted octanol–water partition coefficient (Wildman–Crippen LogP) is 0.734. The zero-order valence-electron chi connectivity index (χ0n) is 9.14. The second-order valence-corrected chi connectivity index (χ2v) is 4.71. The van der Waals surface area contributed by atoms with Crippen LogP contribution in [0.2, 0.25) is 0 Å². The van der Waals surface area contributed by atoms with Crippen LogP contribution in [0, 0.1) is 0 Å². The van der Waals surface area contributed by atoms with E-state index in [1.54, 1.807) is 11.3 Å². The van der Waals surface area contributed by atoms with E-state index in [1.807, 2.05) is 18.8 Å². The van der Waals surface area contributed by atoms with Crippen LogP contribution >= 0.6 is 11.3 Å². The molecule has 15 heavy (non-hydrogen) atoms. The van der Waals surface area contributed by atoms with Gasteiger partial charge in [0.15, 0.2) is 0 Å². The molecule has 84 valence electrons. The highest BCUT2D eigenvalue weighted by Crippen LogP contribution is 2.30. The molecule has 1 fully saturated rings. The number of thiazole rings is 1. The average molecular weight is 227 g/mol. The molecule has 0 radical (unpaired) electrons. The summed E-state index contributed by atoms with van der Waals surface area (Å²) in [5.74, 6) is 0. The third-order valence-corrected chi connectivity index (χ3v) is 3.60. The van der Waals surface area contributed by atoms with Crippen LogP contribution in [0.25, 0.3) is 0 Å². The van der Waals surface area contributed by atoms with Crippen LogP contribution in [0.1, 0.15) is 10.9 Å². The van der Waals surface area contributed by atoms with Gasteiger partial charge >= 0.3 is 0 Å². The van der Waals surface area contributed by atoms with E-state index < -0.39 is 0 Å². The molecule has 1 saturated heterocycles. The summed E-state index contributed by atoms with van der Waals surface area (Å²) in [6, 6.07) is 0.346. The van der Waals surface area contributed by atoms with E-state index in [4.69, 9.17) is 4.74 Å². The lowest BCUT2D eigenvalue weighted by atomic mass is 10.1. The minimum absolute atomic E-state index is 0.231. The Bertz CT molecular complexity index is 289. The monoisotopic (exact) mass is 227 g/mol. The number of morpholine rings is 1. The summed E-state index contributed by atoms with van der Waals surface area (Å²) >= 11 is 1.70. The van der Waals surface area contributed by atoms with Crippen LogP contribution in [0.15, 0.2) is 11.7 Å². The van der Waals surface area contributed by atoms with Crippen molar-refractivity contribution >= 4 is 11.3 Å². The van der Waals surface area contributed by atoms with Gasteiger partial charge in [-0.2, -0.15) is 0 Å². The van der Waals surface area contributed by atoms with Crippen molar-refractivity contribution in [1.82, 2.24) is 15.2 Å². The fraction of sp³-hybridized carbons (Fsp3) is 0.700. The molecule has 2 heterocycles. The van der Waals surface area contributed by atoms with Gasteiger partial charge in [0, 0.05) is 24.2 Å². The molecule has 5 heteroatoms. The van der Waals surface area contributed by atoms with Crippen LogP contribution in [0.4, 0.5) is 0 Å². The first-order chi connectivity index (χ1) is 7.33. The summed E-state index contributed by atoms with van der Waals surface area (Å²) < 4.78 is 5.80. The normalized spacial score (nSPS) is 28.1. The number of hydrogen-bond donors (Lipinski definition) is 1. The lowest BCUT2D eigenvalue weighted by Crippen LogP contribution is -2.46. The van der Waals surface area contributed by atoms with Gasteiger partial charge in [-0.15, -0.1) is 11.3 Å². The van der Waals surface area contributed by atoms with Crippen molar-refractivity contribution in [3.8, 4) is 0 Å². The molecule has 2 rings (SSSR count). The maximum absolute atomic E-state index is 5.80. The Balaban J connectivity index is 2.15. The molecule has 0 aliphatic carbocycles. The molecule has 1 aromatic heterocycles. The minimum Gasteiger partial charge on any atom is -0.374 e. The van der Waals surface area contributed by atoms with Crippen LogP contribution in [0.3, 0.4) is 0 Å². The first kappa shape index (κ1) is 11.0. The van der Waals surface area contributed by atoms with Crippen molar-refractivity contribution in [1.29, 1.82) is 0 Å². The lowest BCUT2D eigenvalue weighted by Gasteiger charge is -2.38. The molecular weight excluding hydrogens is 210 g/mol. The van der Waals surface area contributed by atoms with Gasteiger partial charge in [-0.1, -0.05) is 0 Å². The Kier molecular flexibility index (Phi) is 3.69. The van der Waals surface area contributed by atoms with Crippen molar-refractivity contribution in [2.75, 3.05) is 33.8 Å². The van der Waals surface area contributed by atoms with E-state index in [0.717, 1.165) is 19.7 Å². The third-order valence-electron chi connectivity index (χ3n) is 2.75. The van der Waals surface area contributed by atoms with Crippen molar-refractivity contribution < 1.29 is 4.74 Å². The quantitative estimate of drug-likeness (QED) is 0.826. The molecule has 0 amide bonds. The molecule has 0 bridgehead atoms. The highest BCUT2D eigenvalue weighted by molar-refractivity contribution is 7.09. The number of ether oxygens (including phenoxy) is 1. The Morgan fingerprint density at radius 2 is 2.60 bits per heavy atom. The van der Waals surface area contributed by atoms with Crippen molar-refractivity contribution in [3.63, 3.8) is 0 Å².